The molecular formula is C22H28ClN6O8P. The van der Waals surface area contributed by atoms with Crippen molar-refractivity contribution in [1.29, 1.82) is 0 Å². The predicted molar refractivity (Wildman–Crippen MR) is 135 cm³/mol. The number of aliphatic hydroxyl groups excluding tert-OH is 1. The van der Waals surface area contributed by atoms with Gasteiger partial charge in [0.15, 0.2) is 17.7 Å². The van der Waals surface area contributed by atoms with Gasteiger partial charge in [-0.2, -0.15) is 5.09 Å². The lowest BCUT2D eigenvalue weighted by atomic mass is 9.99. The third-order valence-electron chi connectivity index (χ3n) is 5.86. The predicted octanol–water partition coefficient (Wildman–Crippen LogP) is 2.23. The summed E-state index contributed by atoms with van der Waals surface area (Å²) >= 11 is 5.93. The number of nitrogens with zero attached hydrogens (tertiary/aromatic N) is 4. The highest BCUT2D eigenvalue weighted by molar-refractivity contribution is 7.52. The van der Waals surface area contributed by atoms with Crippen LogP contribution < -0.4 is 14.9 Å². The minimum Gasteiger partial charge on any atom is -0.468 e. The zero-order valence-corrected chi connectivity index (χ0v) is 22.8. The van der Waals surface area contributed by atoms with E-state index in [1.54, 1.807) is 7.05 Å². The molecule has 2 aromatic heterocycles. The molecule has 1 aromatic carbocycles. The quantitative estimate of drug-likeness (QED) is 0.217. The number of rotatable bonds is 9. The highest BCUT2D eigenvalue weighted by Crippen LogP contribution is 2.52. The lowest BCUT2D eigenvalue weighted by Crippen LogP contribution is -2.48. The first-order chi connectivity index (χ1) is 17.8. The molecule has 3 aromatic rings. The number of esters is 1. The highest BCUT2D eigenvalue weighted by atomic mass is 35.5. The molecule has 1 aliphatic rings. The molecule has 3 heterocycles. The number of halogens is 1. The van der Waals surface area contributed by atoms with E-state index in [9.17, 15) is 19.6 Å². The number of aromatic nitrogens is 4. The second kappa shape index (κ2) is 10.4. The molecule has 4 N–H and O–H groups in total. The van der Waals surface area contributed by atoms with Gasteiger partial charge < -0.3 is 29.5 Å². The maximum atomic E-state index is 14.0. The number of ether oxygens (including phenoxy) is 2. The second-order valence-electron chi connectivity index (χ2n) is 9.20. The monoisotopic (exact) mass is 570 g/mol. The zero-order valence-electron chi connectivity index (χ0n) is 21.2. The molecule has 5 atom stereocenters. The van der Waals surface area contributed by atoms with Crippen molar-refractivity contribution in [3.8, 4) is 5.75 Å². The van der Waals surface area contributed by atoms with Gasteiger partial charge in [-0.15, -0.1) is 0 Å². The maximum Gasteiger partial charge on any atom is 0.462 e. The molecule has 16 heteroatoms. The van der Waals surface area contributed by atoms with E-state index in [2.05, 4.69) is 25.4 Å². The molecule has 0 aliphatic carbocycles. The molecule has 0 amide bonds. The van der Waals surface area contributed by atoms with Crippen LogP contribution in [0.1, 0.15) is 27.0 Å². The topological polar surface area (TPSA) is 179 Å². The van der Waals surface area contributed by atoms with Gasteiger partial charge in [0.05, 0.1) is 13.4 Å². The van der Waals surface area contributed by atoms with E-state index >= 15 is 0 Å². The standard InChI is InChI=1S/C22H28ClN6O8P/c1-21(2,20(31)34-5)28-38(33,36-13-8-6-12(23)7-9-13)37-18-15(30)22(3,32)19(35-18)29-11-27-14-16(24-4)25-10-26-17(14)29/h6-11,15,18-19,30,32H,1-5H3,(H,28,33)(H,24,25,26)/t15?,18?,19-,22-,38?/m1/s1. The zero-order chi connectivity index (χ0) is 27.9. The van der Waals surface area contributed by atoms with Crippen molar-refractivity contribution < 1.29 is 38.1 Å². The Morgan fingerprint density at radius 2 is 1.95 bits per heavy atom. The molecule has 3 unspecified atom stereocenters. The van der Waals surface area contributed by atoms with Gasteiger partial charge in [-0.3, -0.25) is 13.9 Å². The third kappa shape index (κ3) is 5.34. The lowest BCUT2D eigenvalue weighted by molar-refractivity contribution is -0.147. The SMILES string of the molecule is CNc1ncnc2c1ncn2[C@@H]1OC(OP(=O)(NC(C)(C)C(=O)OC)Oc2ccc(Cl)cc2)C(O)[C@@]1(C)O. The van der Waals surface area contributed by atoms with Crippen LogP contribution in [-0.4, -0.2) is 73.4 Å². The van der Waals surface area contributed by atoms with Crippen molar-refractivity contribution in [2.24, 2.45) is 0 Å². The van der Waals surface area contributed by atoms with Crippen LogP contribution in [0, 0.1) is 0 Å². The number of fused-ring (bicyclic) bond motifs is 1. The summed E-state index contributed by atoms with van der Waals surface area (Å²) < 4.78 is 37.3. The molecule has 4 rings (SSSR count). The first kappa shape index (κ1) is 28.2. The van der Waals surface area contributed by atoms with Crippen LogP contribution in [0.5, 0.6) is 5.75 Å². The van der Waals surface area contributed by atoms with Crippen LogP contribution in [0.15, 0.2) is 36.9 Å². The van der Waals surface area contributed by atoms with E-state index in [0.717, 1.165) is 0 Å². The molecule has 1 fully saturated rings. The summed E-state index contributed by atoms with van der Waals surface area (Å²) in [6, 6.07) is 5.87. The first-order valence-corrected chi connectivity index (χ1v) is 13.3. The van der Waals surface area contributed by atoms with Crippen molar-refractivity contribution in [3.63, 3.8) is 0 Å². The Bertz CT molecular complexity index is 1370. The van der Waals surface area contributed by atoms with Crippen molar-refractivity contribution in [2.45, 2.75) is 50.5 Å². The van der Waals surface area contributed by atoms with Gasteiger partial charge in [0, 0.05) is 12.1 Å². The van der Waals surface area contributed by atoms with Gasteiger partial charge in [-0.1, -0.05) is 11.6 Å². The number of hydrogen-bond donors (Lipinski definition) is 4. The first-order valence-electron chi connectivity index (χ1n) is 11.3. The minimum atomic E-state index is -4.50. The third-order valence-corrected chi connectivity index (χ3v) is 7.88. The highest BCUT2D eigenvalue weighted by Gasteiger charge is 2.57. The Morgan fingerprint density at radius 1 is 1.26 bits per heavy atom. The number of carbonyl (C=O) groups is 1. The number of benzene rings is 1. The van der Waals surface area contributed by atoms with Crippen LogP contribution in [0.4, 0.5) is 5.82 Å². The molecular weight excluding hydrogens is 543 g/mol. The van der Waals surface area contributed by atoms with E-state index in [4.69, 9.17) is 30.1 Å². The Hall–Kier alpha value is -2.84. The van der Waals surface area contributed by atoms with Crippen molar-refractivity contribution >= 4 is 42.3 Å². The largest absolute Gasteiger partial charge is 0.468 e. The van der Waals surface area contributed by atoms with Gasteiger partial charge >= 0.3 is 13.7 Å². The number of anilines is 1. The number of hydrogen-bond acceptors (Lipinski definition) is 12. The van der Waals surface area contributed by atoms with Gasteiger partial charge in [-0.25, -0.2) is 19.5 Å². The van der Waals surface area contributed by atoms with Gasteiger partial charge in [0.2, 0.25) is 6.29 Å². The summed E-state index contributed by atoms with van der Waals surface area (Å²) in [6.45, 7) is 4.12. The number of nitrogens with one attached hydrogen (secondary N) is 2. The molecule has 0 bridgehead atoms. The fraction of sp³-hybridized carbons (Fsp3) is 0.455. The molecule has 14 nitrogen and oxygen atoms in total. The van der Waals surface area contributed by atoms with Crippen molar-refractivity contribution in [1.82, 2.24) is 24.6 Å². The van der Waals surface area contributed by atoms with Crippen LogP contribution in [0.2, 0.25) is 5.02 Å². The molecule has 1 saturated heterocycles. The normalized spacial score (nSPS) is 25.2. The van der Waals surface area contributed by atoms with E-state index in [1.165, 1.54) is 69.4 Å². The van der Waals surface area contributed by atoms with Crippen LogP contribution in [-0.2, 0) is 23.4 Å². The van der Waals surface area contributed by atoms with E-state index in [1.807, 2.05) is 0 Å². The van der Waals surface area contributed by atoms with Crippen molar-refractivity contribution in [2.75, 3.05) is 19.5 Å². The fourth-order valence-corrected chi connectivity index (χ4v) is 5.76. The van der Waals surface area contributed by atoms with Gasteiger partial charge in [-0.05, 0) is 45.0 Å². The Kier molecular flexibility index (Phi) is 7.70. The summed E-state index contributed by atoms with van der Waals surface area (Å²) in [5.41, 5.74) is -2.82. The maximum absolute atomic E-state index is 14.0. The molecule has 206 valence electrons. The summed E-state index contributed by atoms with van der Waals surface area (Å²) in [4.78, 5) is 24.9. The van der Waals surface area contributed by atoms with Crippen LogP contribution in [0.25, 0.3) is 11.2 Å². The minimum absolute atomic E-state index is 0.0820. The Labute approximate surface area is 222 Å². The summed E-state index contributed by atoms with van der Waals surface area (Å²) in [6.07, 6.45) is -2.02. The van der Waals surface area contributed by atoms with Crippen LogP contribution in [0.3, 0.4) is 0 Å². The molecule has 0 spiro atoms. The Morgan fingerprint density at radius 3 is 2.58 bits per heavy atom. The molecule has 0 radical (unpaired) electrons. The number of carbonyl (C=O) groups excluding carboxylic acids is 1. The fourth-order valence-electron chi connectivity index (χ4n) is 3.88. The average Bonchev–Trinajstić information content (AvgIpc) is 3.38. The van der Waals surface area contributed by atoms with E-state index in [0.29, 0.717) is 22.0 Å². The van der Waals surface area contributed by atoms with Gasteiger partial charge in [0.1, 0.15) is 34.8 Å². The average molecular weight is 571 g/mol. The van der Waals surface area contributed by atoms with Crippen molar-refractivity contribution in [3.05, 3.63) is 41.9 Å². The second-order valence-corrected chi connectivity index (χ2v) is 11.2. The van der Waals surface area contributed by atoms with Crippen LogP contribution >= 0.6 is 19.3 Å². The number of imidazole rings is 1. The van der Waals surface area contributed by atoms with E-state index in [-0.39, 0.29) is 5.75 Å². The smallest absolute Gasteiger partial charge is 0.462 e. The summed E-state index contributed by atoms with van der Waals surface area (Å²) in [5, 5.41) is 28.0. The van der Waals surface area contributed by atoms with Gasteiger partial charge in [0.25, 0.3) is 0 Å². The summed E-state index contributed by atoms with van der Waals surface area (Å²) in [5.74, 6) is -0.239. The molecule has 0 saturated carbocycles. The number of methoxy groups -OCH3 is 1. The molecule has 1 aliphatic heterocycles. The lowest BCUT2D eigenvalue weighted by Gasteiger charge is -2.30. The number of aliphatic hydroxyl groups is 2. The molecule has 38 heavy (non-hydrogen) atoms. The Balaban J connectivity index is 1.67. The summed E-state index contributed by atoms with van der Waals surface area (Å²) in [7, 11) is -1.67. The van der Waals surface area contributed by atoms with E-state index < -0.39 is 43.5 Å².